The van der Waals surface area contributed by atoms with Crippen LogP contribution in [0.4, 0.5) is 0 Å². The highest BCUT2D eigenvalue weighted by atomic mass is 35.5. The van der Waals surface area contributed by atoms with E-state index in [1.165, 1.54) is 5.39 Å². The molecule has 0 saturated heterocycles. The second-order valence-corrected chi connectivity index (χ2v) is 3.56. The van der Waals surface area contributed by atoms with E-state index in [0.717, 1.165) is 16.0 Å². The van der Waals surface area contributed by atoms with E-state index in [0.29, 0.717) is 5.88 Å². The Morgan fingerprint density at radius 2 is 1.77 bits per heavy atom. The predicted octanol–water partition coefficient (Wildman–Crippen LogP) is 4.23. The van der Waals surface area contributed by atoms with Gasteiger partial charge in [-0.25, -0.2) is 0 Å². The third-order valence-corrected chi connectivity index (χ3v) is 2.74. The van der Waals surface area contributed by atoms with Crippen LogP contribution in [0.2, 0.25) is 5.02 Å². The van der Waals surface area contributed by atoms with Crippen LogP contribution >= 0.6 is 23.2 Å². The average molecular weight is 211 g/mol. The molecule has 2 heteroatoms. The molecule has 0 unspecified atom stereocenters. The molecule has 0 bridgehead atoms. The summed E-state index contributed by atoms with van der Waals surface area (Å²) in [5.74, 6) is 0.459. The van der Waals surface area contributed by atoms with Gasteiger partial charge in [0.1, 0.15) is 0 Å². The quantitative estimate of drug-likeness (QED) is 0.619. The van der Waals surface area contributed by atoms with Gasteiger partial charge in [0.2, 0.25) is 0 Å². The molecule has 0 spiro atoms. The summed E-state index contributed by atoms with van der Waals surface area (Å²) in [5.41, 5.74) is 1.02. The summed E-state index contributed by atoms with van der Waals surface area (Å²) in [7, 11) is 0. The molecule has 0 saturated carbocycles. The van der Waals surface area contributed by atoms with Crippen LogP contribution in [0.15, 0.2) is 36.4 Å². The lowest BCUT2D eigenvalue weighted by molar-refractivity contribution is 1.45. The second-order valence-electron chi connectivity index (χ2n) is 2.88. The van der Waals surface area contributed by atoms with E-state index in [1.807, 2.05) is 30.3 Å². The van der Waals surface area contributed by atoms with Gasteiger partial charge in [-0.05, 0) is 22.4 Å². The van der Waals surface area contributed by atoms with E-state index < -0.39 is 0 Å². The first-order valence-corrected chi connectivity index (χ1v) is 4.96. The smallest absolute Gasteiger partial charge is 0.0495 e. The van der Waals surface area contributed by atoms with Crippen molar-refractivity contribution in [1.29, 1.82) is 0 Å². The fourth-order valence-corrected chi connectivity index (χ4v) is 2.03. The monoisotopic (exact) mass is 210 g/mol. The first-order chi connectivity index (χ1) is 6.33. The topological polar surface area (TPSA) is 0 Å². The van der Waals surface area contributed by atoms with Crippen molar-refractivity contribution >= 4 is 34.0 Å². The van der Waals surface area contributed by atoms with Crippen LogP contribution < -0.4 is 0 Å². The van der Waals surface area contributed by atoms with Gasteiger partial charge in [0.05, 0.1) is 0 Å². The first kappa shape index (κ1) is 8.86. The highest BCUT2D eigenvalue weighted by molar-refractivity contribution is 6.33. The van der Waals surface area contributed by atoms with Gasteiger partial charge in [0.25, 0.3) is 0 Å². The van der Waals surface area contributed by atoms with Gasteiger partial charge in [0.15, 0.2) is 0 Å². The standard InChI is InChI=1S/C11H8Cl2/c12-7-10-9-4-2-1-3-8(9)5-6-11(10)13/h1-6H,7H2. The number of rotatable bonds is 1. The number of benzene rings is 2. The van der Waals surface area contributed by atoms with Crippen LogP contribution in [-0.2, 0) is 5.88 Å². The molecule has 0 aliphatic carbocycles. The van der Waals surface area contributed by atoms with E-state index in [1.54, 1.807) is 0 Å². The molecule has 2 aromatic carbocycles. The maximum absolute atomic E-state index is 6.02. The minimum Gasteiger partial charge on any atom is -0.121 e. The van der Waals surface area contributed by atoms with Crippen molar-refractivity contribution in [2.24, 2.45) is 0 Å². The molecule has 66 valence electrons. The van der Waals surface area contributed by atoms with Gasteiger partial charge in [-0.15, -0.1) is 11.6 Å². The van der Waals surface area contributed by atoms with Crippen molar-refractivity contribution in [2.75, 3.05) is 0 Å². The summed E-state index contributed by atoms with van der Waals surface area (Å²) in [5, 5.41) is 3.07. The van der Waals surface area contributed by atoms with Gasteiger partial charge in [0, 0.05) is 10.9 Å². The Morgan fingerprint density at radius 3 is 2.54 bits per heavy atom. The van der Waals surface area contributed by atoms with Crippen LogP contribution in [-0.4, -0.2) is 0 Å². The molecule has 0 atom stereocenters. The van der Waals surface area contributed by atoms with Crippen molar-refractivity contribution in [2.45, 2.75) is 5.88 Å². The zero-order chi connectivity index (χ0) is 9.26. The van der Waals surface area contributed by atoms with Gasteiger partial charge in [-0.2, -0.15) is 0 Å². The van der Waals surface area contributed by atoms with Crippen molar-refractivity contribution in [3.63, 3.8) is 0 Å². The lowest BCUT2D eigenvalue weighted by Crippen LogP contribution is -1.83. The molecule has 0 aliphatic heterocycles. The summed E-state index contributed by atoms with van der Waals surface area (Å²) in [6.07, 6.45) is 0. The number of hydrogen-bond donors (Lipinski definition) is 0. The Hall–Kier alpha value is -0.720. The Bertz CT molecular complexity index is 435. The predicted molar refractivity (Wildman–Crippen MR) is 58.5 cm³/mol. The van der Waals surface area contributed by atoms with E-state index in [4.69, 9.17) is 23.2 Å². The summed E-state index contributed by atoms with van der Waals surface area (Å²) in [4.78, 5) is 0. The molecule has 0 N–H and O–H groups in total. The normalized spacial score (nSPS) is 10.6. The minimum absolute atomic E-state index is 0.459. The third kappa shape index (κ3) is 1.52. The highest BCUT2D eigenvalue weighted by Gasteiger charge is 2.03. The highest BCUT2D eigenvalue weighted by Crippen LogP contribution is 2.27. The fourth-order valence-electron chi connectivity index (χ4n) is 1.45. The van der Waals surface area contributed by atoms with Crippen LogP contribution in [0.25, 0.3) is 10.8 Å². The van der Waals surface area contributed by atoms with Crippen molar-refractivity contribution < 1.29 is 0 Å². The fraction of sp³-hybridized carbons (Fsp3) is 0.0909. The molecule has 0 aromatic heterocycles. The minimum atomic E-state index is 0.459. The van der Waals surface area contributed by atoms with Gasteiger partial charge in [-0.3, -0.25) is 0 Å². The SMILES string of the molecule is ClCc1c(Cl)ccc2ccccc12. The summed E-state index contributed by atoms with van der Waals surface area (Å²) < 4.78 is 0. The maximum atomic E-state index is 6.02. The van der Waals surface area contributed by atoms with Crippen LogP contribution in [0, 0.1) is 0 Å². The molecular weight excluding hydrogens is 203 g/mol. The molecule has 13 heavy (non-hydrogen) atoms. The molecule has 2 rings (SSSR count). The number of halogens is 2. The molecule has 0 aliphatic rings. The van der Waals surface area contributed by atoms with Crippen LogP contribution in [0.5, 0.6) is 0 Å². The molecule has 0 nitrogen and oxygen atoms in total. The van der Waals surface area contributed by atoms with Crippen molar-refractivity contribution in [3.8, 4) is 0 Å². The summed E-state index contributed by atoms with van der Waals surface area (Å²) in [6.45, 7) is 0. The van der Waals surface area contributed by atoms with E-state index in [9.17, 15) is 0 Å². The molecular formula is C11H8Cl2. The Balaban J connectivity index is 2.84. The van der Waals surface area contributed by atoms with E-state index in [-0.39, 0.29) is 0 Å². The zero-order valence-corrected chi connectivity index (χ0v) is 8.44. The van der Waals surface area contributed by atoms with Gasteiger partial charge in [-0.1, -0.05) is 41.9 Å². The largest absolute Gasteiger partial charge is 0.121 e. The van der Waals surface area contributed by atoms with Gasteiger partial charge < -0.3 is 0 Å². The third-order valence-electron chi connectivity index (χ3n) is 2.12. The average Bonchev–Trinajstić information content (AvgIpc) is 2.18. The van der Waals surface area contributed by atoms with E-state index in [2.05, 4.69) is 6.07 Å². The Kier molecular flexibility index (Phi) is 2.43. The second kappa shape index (κ2) is 3.57. The number of hydrogen-bond acceptors (Lipinski definition) is 0. The lowest BCUT2D eigenvalue weighted by Gasteiger charge is -2.04. The lowest BCUT2D eigenvalue weighted by atomic mass is 10.1. The van der Waals surface area contributed by atoms with E-state index >= 15 is 0 Å². The molecule has 0 amide bonds. The molecule has 2 aromatic rings. The van der Waals surface area contributed by atoms with Crippen molar-refractivity contribution in [3.05, 3.63) is 47.0 Å². The molecule has 0 heterocycles. The Morgan fingerprint density at radius 1 is 1.00 bits per heavy atom. The van der Waals surface area contributed by atoms with Crippen LogP contribution in [0.1, 0.15) is 5.56 Å². The summed E-state index contributed by atoms with van der Waals surface area (Å²) >= 11 is 11.8. The first-order valence-electron chi connectivity index (χ1n) is 4.05. The summed E-state index contributed by atoms with van der Waals surface area (Å²) in [6, 6.07) is 12.0. The number of fused-ring (bicyclic) bond motifs is 1. The Labute approximate surface area is 87.1 Å². The molecule has 0 fully saturated rings. The van der Waals surface area contributed by atoms with Crippen molar-refractivity contribution in [1.82, 2.24) is 0 Å². The van der Waals surface area contributed by atoms with Gasteiger partial charge >= 0.3 is 0 Å². The number of alkyl halides is 1. The van der Waals surface area contributed by atoms with Crippen LogP contribution in [0.3, 0.4) is 0 Å². The maximum Gasteiger partial charge on any atom is 0.0495 e. The molecule has 0 radical (unpaired) electrons. The zero-order valence-electron chi connectivity index (χ0n) is 6.93.